The lowest BCUT2D eigenvalue weighted by molar-refractivity contribution is 0.0726. The van der Waals surface area contributed by atoms with Gasteiger partial charge in [0.25, 0.3) is 0 Å². The molecule has 1 nitrogen and oxygen atoms in total. The van der Waals surface area contributed by atoms with Gasteiger partial charge in [-0.3, -0.25) is 0 Å². The number of hydrogen-bond acceptors (Lipinski definition) is 1. The third-order valence-corrected chi connectivity index (χ3v) is 3.18. The van der Waals surface area contributed by atoms with Crippen LogP contribution in [0.3, 0.4) is 0 Å². The molecule has 1 unspecified atom stereocenters. The molecule has 1 aromatic rings. The fourth-order valence-electron chi connectivity index (χ4n) is 2.12. The van der Waals surface area contributed by atoms with E-state index in [1.165, 1.54) is 5.56 Å². The van der Waals surface area contributed by atoms with Gasteiger partial charge in [-0.15, -0.1) is 0 Å². The average molecular weight is 202 g/mol. The van der Waals surface area contributed by atoms with Crippen LogP contribution in [0.1, 0.15) is 37.3 Å². The first-order valence-corrected chi connectivity index (χ1v) is 5.74. The van der Waals surface area contributed by atoms with Gasteiger partial charge in [0, 0.05) is 0 Å². The number of aryl methyl sites for hydroxylation is 1. The minimum Gasteiger partial charge on any atom is -0.381 e. The summed E-state index contributed by atoms with van der Waals surface area (Å²) in [5.74, 6) is 0. The minimum atomic E-state index is -0.718. The van der Waals surface area contributed by atoms with Crippen LogP contribution in [0.4, 0.5) is 0 Å². The quantitative estimate of drug-likeness (QED) is 0.730. The first-order chi connectivity index (χ1) is 7.24. The van der Waals surface area contributed by atoms with E-state index in [0.717, 1.165) is 31.2 Å². The number of rotatable bonds is 2. The van der Waals surface area contributed by atoms with Crippen LogP contribution in [-0.2, 0) is 12.0 Å². The highest BCUT2D eigenvalue weighted by atomic mass is 16.3. The molecule has 0 aromatic heterocycles. The Morgan fingerprint density at radius 3 is 2.53 bits per heavy atom. The number of hydrogen-bond donors (Lipinski definition) is 1. The zero-order chi connectivity index (χ0) is 10.7. The Bertz CT molecular complexity index is 350. The van der Waals surface area contributed by atoms with Gasteiger partial charge >= 0.3 is 0 Å². The standard InChI is InChI=1S/C14H18O/c1-2-12-6-8-13(9-7-12)14(15)10-4-3-5-11-14/h4,6-10,15H,2-3,5,11H2,1H3. The maximum Gasteiger partial charge on any atom is 0.108 e. The Morgan fingerprint density at radius 1 is 1.27 bits per heavy atom. The van der Waals surface area contributed by atoms with E-state index in [1.807, 2.05) is 6.08 Å². The van der Waals surface area contributed by atoms with Gasteiger partial charge in [0.15, 0.2) is 0 Å². The summed E-state index contributed by atoms with van der Waals surface area (Å²) in [6.45, 7) is 2.14. The van der Waals surface area contributed by atoms with E-state index < -0.39 is 5.60 Å². The van der Waals surface area contributed by atoms with Gasteiger partial charge in [0.2, 0.25) is 0 Å². The molecule has 0 spiro atoms. The van der Waals surface area contributed by atoms with E-state index in [1.54, 1.807) is 0 Å². The van der Waals surface area contributed by atoms with Crippen molar-refractivity contribution < 1.29 is 5.11 Å². The van der Waals surface area contributed by atoms with Crippen molar-refractivity contribution in [2.24, 2.45) is 0 Å². The molecule has 1 heteroatoms. The van der Waals surface area contributed by atoms with E-state index in [-0.39, 0.29) is 0 Å². The van der Waals surface area contributed by atoms with E-state index >= 15 is 0 Å². The van der Waals surface area contributed by atoms with Gasteiger partial charge in [-0.2, -0.15) is 0 Å². The second kappa shape index (κ2) is 4.19. The van der Waals surface area contributed by atoms with Crippen molar-refractivity contribution in [2.75, 3.05) is 0 Å². The Kier molecular flexibility index (Phi) is 2.92. The third kappa shape index (κ3) is 2.13. The van der Waals surface area contributed by atoms with Crippen LogP contribution < -0.4 is 0 Å². The lowest BCUT2D eigenvalue weighted by Gasteiger charge is -2.28. The normalized spacial score (nSPS) is 25.5. The third-order valence-electron chi connectivity index (χ3n) is 3.18. The molecule has 1 aromatic carbocycles. The first-order valence-electron chi connectivity index (χ1n) is 5.74. The van der Waals surface area contributed by atoms with Crippen molar-refractivity contribution >= 4 is 0 Å². The van der Waals surface area contributed by atoms with Crippen LogP contribution in [0.15, 0.2) is 36.4 Å². The van der Waals surface area contributed by atoms with E-state index in [2.05, 4.69) is 37.3 Å². The van der Waals surface area contributed by atoms with Gasteiger partial charge in [-0.1, -0.05) is 43.3 Å². The monoisotopic (exact) mass is 202 g/mol. The lowest BCUT2D eigenvalue weighted by Crippen LogP contribution is -2.24. The largest absolute Gasteiger partial charge is 0.381 e. The van der Waals surface area contributed by atoms with Crippen LogP contribution in [0.25, 0.3) is 0 Å². The summed E-state index contributed by atoms with van der Waals surface area (Å²) in [5.41, 5.74) is 1.63. The zero-order valence-corrected chi connectivity index (χ0v) is 9.24. The van der Waals surface area contributed by atoms with Crippen molar-refractivity contribution in [3.63, 3.8) is 0 Å². The van der Waals surface area contributed by atoms with E-state index in [0.29, 0.717) is 0 Å². The minimum absolute atomic E-state index is 0.718. The predicted octanol–water partition coefficient (Wildman–Crippen LogP) is 3.18. The highest BCUT2D eigenvalue weighted by Gasteiger charge is 2.26. The molecule has 1 aliphatic carbocycles. The van der Waals surface area contributed by atoms with Crippen LogP contribution in [-0.4, -0.2) is 5.11 Å². The molecule has 80 valence electrons. The van der Waals surface area contributed by atoms with Crippen LogP contribution >= 0.6 is 0 Å². The van der Waals surface area contributed by atoms with Crippen molar-refractivity contribution in [2.45, 2.75) is 38.2 Å². The summed E-state index contributed by atoms with van der Waals surface area (Å²) in [5, 5.41) is 10.4. The maximum absolute atomic E-state index is 10.4. The second-order valence-corrected chi connectivity index (χ2v) is 4.27. The summed E-state index contributed by atoms with van der Waals surface area (Å²) in [7, 11) is 0. The number of allylic oxidation sites excluding steroid dienone is 1. The molecular formula is C14H18O. The van der Waals surface area contributed by atoms with Crippen molar-refractivity contribution in [3.05, 3.63) is 47.5 Å². The molecule has 1 aliphatic rings. The van der Waals surface area contributed by atoms with Crippen LogP contribution in [0.2, 0.25) is 0 Å². The molecule has 0 amide bonds. The molecule has 0 bridgehead atoms. The number of aliphatic hydroxyl groups is 1. The Morgan fingerprint density at radius 2 is 2.00 bits per heavy atom. The molecular weight excluding hydrogens is 184 g/mol. The molecule has 1 atom stereocenters. The summed E-state index contributed by atoms with van der Waals surface area (Å²) in [6, 6.07) is 8.31. The fourth-order valence-corrected chi connectivity index (χ4v) is 2.12. The molecule has 0 saturated carbocycles. The molecule has 0 aliphatic heterocycles. The second-order valence-electron chi connectivity index (χ2n) is 4.27. The van der Waals surface area contributed by atoms with Gasteiger partial charge < -0.3 is 5.11 Å². The van der Waals surface area contributed by atoms with Gasteiger partial charge in [0.1, 0.15) is 5.60 Å². The molecule has 0 radical (unpaired) electrons. The van der Waals surface area contributed by atoms with Gasteiger partial charge in [-0.05, 0) is 36.8 Å². The average Bonchev–Trinajstić information content (AvgIpc) is 2.30. The predicted molar refractivity (Wildman–Crippen MR) is 62.7 cm³/mol. The van der Waals surface area contributed by atoms with Crippen molar-refractivity contribution in [1.82, 2.24) is 0 Å². The highest BCUT2D eigenvalue weighted by Crippen LogP contribution is 2.32. The Hall–Kier alpha value is -1.08. The molecule has 15 heavy (non-hydrogen) atoms. The summed E-state index contributed by atoms with van der Waals surface area (Å²) >= 11 is 0. The molecule has 0 fully saturated rings. The number of benzene rings is 1. The summed E-state index contributed by atoms with van der Waals surface area (Å²) < 4.78 is 0. The summed E-state index contributed by atoms with van der Waals surface area (Å²) in [4.78, 5) is 0. The zero-order valence-electron chi connectivity index (χ0n) is 9.24. The summed E-state index contributed by atoms with van der Waals surface area (Å²) in [6.07, 6.45) is 8.08. The van der Waals surface area contributed by atoms with Crippen molar-refractivity contribution in [1.29, 1.82) is 0 Å². The SMILES string of the molecule is CCc1ccc(C2(O)C=CCCC2)cc1. The van der Waals surface area contributed by atoms with Crippen molar-refractivity contribution in [3.8, 4) is 0 Å². The fraction of sp³-hybridized carbons (Fsp3) is 0.429. The van der Waals surface area contributed by atoms with E-state index in [4.69, 9.17) is 0 Å². The van der Waals surface area contributed by atoms with Crippen LogP contribution in [0.5, 0.6) is 0 Å². The van der Waals surface area contributed by atoms with Gasteiger partial charge in [-0.25, -0.2) is 0 Å². The molecule has 2 rings (SSSR count). The first kappa shape index (κ1) is 10.4. The lowest BCUT2D eigenvalue weighted by atomic mass is 9.84. The molecule has 0 saturated heterocycles. The smallest absolute Gasteiger partial charge is 0.108 e. The molecule has 1 N–H and O–H groups in total. The maximum atomic E-state index is 10.4. The van der Waals surface area contributed by atoms with E-state index in [9.17, 15) is 5.11 Å². The van der Waals surface area contributed by atoms with Crippen LogP contribution in [0, 0.1) is 0 Å². The highest BCUT2D eigenvalue weighted by molar-refractivity contribution is 5.31. The van der Waals surface area contributed by atoms with Gasteiger partial charge in [0.05, 0.1) is 0 Å². The topological polar surface area (TPSA) is 20.2 Å². The Balaban J connectivity index is 2.28. The molecule has 0 heterocycles. The Labute approximate surface area is 91.4 Å².